The number of hydrazine groups is 1. The van der Waals surface area contributed by atoms with Crippen LogP contribution in [0.4, 0.5) is 0 Å². The smallest absolute Gasteiger partial charge is 0.303 e. The van der Waals surface area contributed by atoms with E-state index < -0.39 is 0 Å². The summed E-state index contributed by atoms with van der Waals surface area (Å²) in [5, 5.41) is 1.59. The summed E-state index contributed by atoms with van der Waals surface area (Å²) in [6.07, 6.45) is 1.50. The third-order valence-electron chi connectivity index (χ3n) is 1.86. The van der Waals surface area contributed by atoms with Gasteiger partial charge < -0.3 is 4.42 Å². The van der Waals surface area contributed by atoms with Gasteiger partial charge in [0.2, 0.25) is 0 Å². The fourth-order valence-corrected chi connectivity index (χ4v) is 1.24. The van der Waals surface area contributed by atoms with Crippen LogP contribution in [0.5, 0.6) is 0 Å². The van der Waals surface area contributed by atoms with Crippen molar-refractivity contribution in [1.82, 2.24) is 10.4 Å². The Morgan fingerprint density at radius 2 is 2.07 bits per heavy atom. The van der Waals surface area contributed by atoms with Crippen molar-refractivity contribution in [1.29, 1.82) is 0 Å². The maximum absolute atomic E-state index is 12.0. The van der Waals surface area contributed by atoms with Crippen molar-refractivity contribution < 1.29 is 9.21 Å². The summed E-state index contributed by atoms with van der Waals surface area (Å²) in [5.74, 6) is 0.223. The van der Waals surface area contributed by atoms with Crippen LogP contribution in [-0.2, 0) is 0 Å². The summed E-state index contributed by atoms with van der Waals surface area (Å²) >= 11 is 0. The van der Waals surface area contributed by atoms with E-state index in [0.717, 1.165) is 0 Å². The lowest BCUT2D eigenvalue weighted by atomic mass is 10.3. The van der Waals surface area contributed by atoms with Gasteiger partial charge in [0.05, 0.1) is 6.26 Å². The van der Waals surface area contributed by atoms with Gasteiger partial charge in [0.25, 0.3) is 0 Å². The zero-order chi connectivity index (χ0) is 11.4. The van der Waals surface area contributed by atoms with Gasteiger partial charge >= 0.3 is 5.91 Å². The van der Waals surface area contributed by atoms with E-state index in [1.54, 1.807) is 17.1 Å². The highest BCUT2D eigenvalue weighted by molar-refractivity contribution is 5.91. The Morgan fingerprint density at radius 1 is 1.40 bits per heavy atom. The Balaban J connectivity index is 2.76. The van der Waals surface area contributed by atoms with Crippen LogP contribution in [0.15, 0.2) is 22.8 Å². The number of amides is 1. The van der Waals surface area contributed by atoms with Crippen LogP contribution in [0.3, 0.4) is 0 Å². The Bertz CT molecular complexity index is 304. The normalized spacial score (nSPS) is 11.1. The molecule has 0 saturated carbocycles. The highest BCUT2D eigenvalue weighted by Gasteiger charge is 2.21. The van der Waals surface area contributed by atoms with Crippen LogP contribution in [0.25, 0.3) is 0 Å². The van der Waals surface area contributed by atoms with Gasteiger partial charge in [-0.15, -0.1) is 0 Å². The van der Waals surface area contributed by atoms with Crippen molar-refractivity contribution in [3.8, 4) is 0 Å². The highest BCUT2D eigenvalue weighted by Crippen LogP contribution is 2.07. The van der Waals surface area contributed by atoms with Crippen molar-refractivity contribution >= 4 is 5.91 Å². The average molecular weight is 210 g/mol. The van der Waals surface area contributed by atoms with Crippen LogP contribution < -0.4 is 5.43 Å². The Hall–Kier alpha value is -1.29. The molecule has 1 aromatic heterocycles. The van der Waals surface area contributed by atoms with Crippen molar-refractivity contribution in [2.75, 3.05) is 0 Å². The molecular weight excluding hydrogens is 192 g/mol. The lowest BCUT2D eigenvalue weighted by Gasteiger charge is -2.28. The molecule has 0 atom stereocenters. The molecule has 15 heavy (non-hydrogen) atoms. The molecule has 84 valence electrons. The topological polar surface area (TPSA) is 45.5 Å². The quantitative estimate of drug-likeness (QED) is 0.773. The van der Waals surface area contributed by atoms with Gasteiger partial charge in [0.1, 0.15) is 0 Å². The molecule has 0 radical (unpaired) electrons. The van der Waals surface area contributed by atoms with Gasteiger partial charge in [0, 0.05) is 12.1 Å². The minimum absolute atomic E-state index is 0.0880. The lowest BCUT2D eigenvalue weighted by molar-refractivity contribution is 0.0517. The molecule has 0 saturated heterocycles. The monoisotopic (exact) mass is 210 g/mol. The first-order chi connectivity index (χ1) is 7.02. The van der Waals surface area contributed by atoms with E-state index in [2.05, 4.69) is 5.43 Å². The van der Waals surface area contributed by atoms with Crippen LogP contribution in [-0.4, -0.2) is 23.0 Å². The highest BCUT2D eigenvalue weighted by atomic mass is 16.3. The molecule has 0 bridgehead atoms. The molecule has 0 aliphatic rings. The summed E-state index contributed by atoms with van der Waals surface area (Å²) in [6.45, 7) is 7.89. The van der Waals surface area contributed by atoms with Crippen molar-refractivity contribution in [3.05, 3.63) is 24.2 Å². The molecule has 1 heterocycles. The molecule has 1 rings (SSSR count). The predicted octanol–water partition coefficient (Wildman–Crippen LogP) is 2.04. The van der Waals surface area contributed by atoms with Gasteiger partial charge in [-0.2, -0.15) is 0 Å². The van der Waals surface area contributed by atoms with Crippen molar-refractivity contribution in [2.45, 2.75) is 39.8 Å². The number of rotatable bonds is 4. The first kappa shape index (κ1) is 11.8. The fraction of sp³-hybridized carbons (Fsp3) is 0.545. The lowest BCUT2D eigenvalue weighted by Crippen LogP contribution is -2.50. The number of carbonyl (C=O) groups is 1. The molecule has 0 unspecified atom stereocenters. The van der Waals surface area contributed by atoms with E-state index in [-0.39, 0.29) is 18.0 Å². The van der Waals surface area contributed by atoms with Crippen LogP contribution in [0.1, 0.15) is 38.2 Å². The summed E-state index contributed by atoms with van der Waals surface area (Å²) in [7, 11) is 0. The van der Waals surface area contributed by atoms with Gasteiger partial charge in [-0.1, -0.05) is 0 Å². The first-order valence-corrected chi connectivity index (χ1v) is 5.15. The van der Waals surface area contributed by atoms with E-state index in [1.165, 1.54) is 6.26 Å². The average Bonchev–Trinajstić information content (AvgIpc) is 2.65. The Kier molecular flexibility index (Phi) is 3.91. The van der Waals surface area contributed by atoms with E-state index in [0.29, 0.717) is 5.76 Å². The van der Waals surface area contributed by atoms with Crippen molar-refractivity contribution in [3.63, 3.8) is 0 Å². The molecule has 4 nitrogen and oxygen atoms in total. The molecule has 0 spiro atoms. The second-order valence-corrected chi connectivity index (χ2v) is 4.03. The van der Waals surface area contributed by atoms with Crippen LogP contribution in [0, 0.1) is 0 Å². The molecule has 0 aliphatic heterocycles. The van der Waals surface area contributed by atoms with Crippen LogP contribution >= 0.6 is 0 Å². The molecule has 4 heteroatoms. The molecule has 1 amide bonds. The van der Waals surface area contributed by atoms with Gasteiger partial charge in [-0.05, 0) is 39.8 Å². The summed E-state index contributed by atoms with van der Waals surface area (Å²) in [6, 6.07) is 3.68. The summed E-state index contributed by atoms with van der Waals surface area (Å²) in [4.78, 5) is 12.0. The molecule has 0 fully saturated rings. The number of furan rings is 1. The van der Waals surface area contributed by atoms with E-state index >= 15 is 0 Å². The molecule has 0 aromatic carbocycles. The maximum atomic E-state index is 12.0. The van der Waals surface area contributed by atoms with Crippen LogP contribution in [0.2, 0.25) is 0 Å². The Labute approximate surface area is 90.2 Å². The standard InChI is InChI=1S/C11H18N2O2/c1-8(2)12-13(9(3)4)11(14)10-6-5-7-15-10/h5-9,12H,1-4H3. The maximum Gasteiger partial charge on any atom is 0.303 e. The number of nitrogens with one attached hydrogen (secondary N) is 1. The van der Waals surface area contributed by atoms with E-state index in [1.807, 2.05) is 27.7 Å². The summed E-state index contributed by atoms with van der Waals surface area (Å²) < 4.78 is 5.08. The number of hydrogen-bond donors (Lipinski definition) is 1. The number of nitrogens with zero attached hydrogens (tertiary/aromatic N) is 1. The minimum atomic E-state index is -0.135. The molecule has 1 N–H and O–H groups in total. The SMILES string of the molecule is CC(C)NN(C(=O)c1ccco1)C(C)C. The van der Waals surface area contributed by atoms with Gasteiger partial charge in [-0.3, -0.25) is 9.80 Å². The third-order valence-corrected chi connectivity index (χ3v) is 1.86. The van der Waals surface area contributed by atoms with Crippen molar-refractivity contribution in [2.24, 2.45) is 0 Å². The zero-order valence-electron chi connectivity index (χ0n) is 9.65. The second-order valence-electron chi connectivity index (χ2n) is 4.03. The van der Waals surface area contributed by atoms with Gasteiger partial charge in [0.15, 0.2) is 5.76 Å². The van der Waals surface area contributed by atoms with Gasteiger partial charge in [-0.25, -0.2) is 5.43 Å². The molecule has 0 aliphatic carbocycles. The first-order valence-electron chi connectivity index (χ1n) is 5.15. The number of carbonyl (C=O) groups excluding carboxylic acids is 1. The summed E-state index contributed by atoms with van der Waals surface area (Å²) in [5.41, 5.74) is 3.09. The second kappa shape index (κ2) is 4.98. The zero-order valence-corrected chi connectivity index (χ0v) is 9.65. The Morgan fingerprint density at radius 3 is 2.47 bits per heavy atom. The minimum Gasteiger partial charge on any atom is -0.459 e. The predicted molar refractivity (Wildman–Crippen MR) is 58.3 cm³/mol. The molecular formula is C11H18N2O2. The number of hydrogen-bond acceptors (Lipinski definition) is 3. The fourth-order valence-electron chi connectivity index (χ4n) is 1.24. The third kappa shape index (κ3) is 3.09. The van der Waals surface area contributed by atoms with E-state index in [9.17, 15) is 4.79 Å². The largest absolute Gasteiger partial charge is 0.459 e. The molecule has 1 aromatic rings. The van der Waals surface area contributed by atoms with E-state index in [4.69, 9.17) is 4.42 Å².